The first-order valence-electron chi connectivity index (χ1n) is 8.00. The lowest BCUT2D eigenvalue weighted by Crippen LogP contribution is -2.30. The lowest BCUT2D eigenvalue weighted by atomic mass is 10.1. The van der Waals surface area contributed by atoms with Crippen molar-refractivity contribution in [2.24, 2.45) is 0 Å². The van der Waals surface area contributed by atoms with Gasteiger partial charge in [0.1, 0.15) is 12.0 Å². The number of aromatic nitrogens is 4. The van der Waals surface area contributed by atoms with Gasteiger partial charge in [-0.05, 0) is 37.6 Å². The van der Waals surface area contributed by atoms with Gasteiger partial charge in [-0.1, -0.05) is 0 Å². The zero-order chi connectivity index (χ0) is 20.0. The van der Waals surface area contributed by atoms with E-state index < -0.39 is 4.92 Å². The van der Waals surface area contributed by atoms with Gasteiger partial charge in [-0.25, -0.2) is 4.98 Å². The number of imidazole rings is 2. The molecule has 0 radical (unpaired) electrons. The van der Waals surface area contributed by atoms with Crippen molar-refractivity contribution in [2.75, 3.05) is 33.2 Å². The molecule has 0 aliphatic heterocycles. The van der Waals surface area contributed by atoms with Gasteiger partial charge in [0.15, 0.2) is 0 Å². The van der Waals surface area contributed by atoms with E-state index in [1.165, 1.54) is 12.5 Å². The summed E-state index contributed by atoms with van der Waals surface area (Å²) in [4.78, 5) is 17.5. The first-order valence-corrected chi connectivity index (χ1v) is 8.00. The van der Waals surface area contributed by atoms with Crippen LogP contribution in [0.3, 0.4) is 0 Å². The first kappa shape index (κ1) is 21.6. The molecular formula is C16H28N6O4. The van der Waals surface area contributed by atoms with Gasteiger partial charge in [0.05, 0.1) is 30.6 Å². The summed E-state index contributed by atoms with van der Waals surface area (Å²) in [5, 5.41) is 10.4. The van der Waals surface area contributed by atoms with E-state index in [1.54, 1.807) is 31.3 Å². The molecule has 146 valence electrons. The third-order valence-electron chi connectivity index (χ3n) is 3.75. The summed E-state index contributed by atoms with van der Waals surface area (Å²) in [6.07, 6.45) is 6.36. The summed E-state index contributed by atoms with van der Waals surface area (Å²) in [6, 6.07) is 0. The second kappa shape index (κ2) is 8.77. The predicted octanol–water partition coefficient (Wildman–Crippen LogP) is 2.02. The van der Waals surface area contributed by atoms with Gasteiger partial charge >= 0.3 is 5.82 Å². The molecule has 2 heterocycles. The minimum atomic E-state index is -0.515. The zero-order valence-electron chi connectivity index (χ0n) is 16.2. The van der Waals surface area contributed by atoms with Crippen molar-refractivity contribution in [3.63, 3.8) is 0 Å². The smallest absolute Gasteiger partial charge is 0.381 e. The largest absolute Gasteiger partial charge is 0.382 e. The second-order valence-electron chi connectivity index (χ2n) is 7.09. The highest BCUT2D eigenvalue weighted by atomic mass is 16.6. The Morgan fingerprint density at radius 2 is 1.50 bits per heavy atom. The Balaban J connectivity index is 0.000000263. The van der Waals surface area contributed by atoms with Crippen LogP contribution in [0.2, 0.25) is 0 Å². The fourth-order valence-electron chi connectivity index (χ4n) is 2.26. The molecule has 0 unspecified atom stereocenters. The van der Waals surface area contributed by atoms with Gasteiger partial charge in [-0.3, -0.25) is 0 Å². The number of ether oxygens (including phenoxy) is 2. The monoisotopic (exact) mass is 368 g/mol. The Hall–Kier alpha value is -2.46. The molecule has 2 N–H and O–H groups in total. The number of hydrogen-bond donors (Lipinski definition) is 1. The number of hydrogen-bond acceptors (Lipinski definition) is 7. The number of rotatable bonds is 7. The van der Waals surface area contributed by atoms with Crippen molar-refractivity contribution in [1.29, 1.82) is 0 Å². The number of nitrogen functional groups attached to an aromatic ring is 1. The predicted molar refractivity (Wildman–Crippen MR) is 97.9 cm³/mol. The summed E-state index contributed by atoms with van der Waals surface area (Å²) < 4.78 is 13.7. The van der Waals surface area contributed by atoms with Crippen molar-refractivity contribution in [1.82, 2.24) is 19.1 Å². The number of nitrogens with zero attached hydrogens (tertiary/aromatic N) is 5. The molecule has 0 spiro atoms. The molecule has 0 atom stereocenters. The van der Waals surface area contributed by atoms with E-state index in [-0.39, 0.29) is 16.9 Å². The number of anilines is 1. The number of nitrogens with two attached hydrogens (primary N) is 1. The van der Waals surface area contributed by atoms with E-state index in [0.717, 1.165) is 0 Å². The van der Waals surface area contributed by atoms with Crippen LogP contribution >= 0.6 is 0 Å². The molecule has 2 rings (SSSR count). The Kier molecular flexibility index (Phi) is 7.28. The standard InChI is InChI=1S/C8H13N3O3.C8H15N3O/c1-8(2,5-14-3)10-4-7(9-6-10)11(12)13;1-8(2,5-12-3)11-4-7(9)10-6-11/h4,6H,5H2,1-3H3;4,6H,5,9H2,1-3H3. The molecule has 0 amide bonds. The number of methoxy groups -OCH3 is 2. The summed E-state index contributed by atoms with van der Waals surface area (Å²) in [6.45, 7) is 9.09. The first-order chi connectivity index (χ1) is 12.0. The molecule has 26 heavy (non-hydrogen) atoms. The van der Waals surface area contributed by atoms with Gasteiger partial charge < -0.3 is 34.5 Å². The fourth-order valence-corrected chi connectivity index (χ4v) is 2.26. The van der Waals surface area contributed by atoms with Crippen molar-refractivity contribution in [3.05, 3.63) is 35.2 Å². The summed E-state index contributed by atoms with van der Waals surface area (Å²) in [7, 11) is 3.27. The van der Waals surface area contributed by atoms with Gasteiger partial charge in [-0.2, -0.15) is 0 Å². The summed E-state index contributed by atoms with van der Waals surface area (Å²) in [5.74, 6) is 0.397. The molecule has 10 nitrogen and oxygen atoms in total. The van der Waals surface area contributed by atoms with Gasteiger partial charge in [0, 0.05) is 20.4 Å². The van der Waals surface area contributed by atoms with E-state index in [0.29, 0.717) is 19.0 Å². The highest BCUT2D eigenvalue weighted by molar-refractivity contribution is 5.23. The molecule has 0 aromatic carbocycles. The van der Waals surface area contributed by atoms with E-state index in [2.05, 4.69) is 23.8 Å². The van der Waals surface area contributed by atoms with Crippen molar-refractivity contribution in [3.8, 4) is 0 Å². The van der Waals surface area contributed by atoms with Crippen LogP contribution in [0.5, 0.6) is 0 Å². The van der Waals surface area contributed by atoms with Crippen molar-refractivity contribution >= 4 is 11.6 Å². The van der Waals surface area contributed by atoms with Gasteiger partial charge in [0.2, 0.25) is 6.33 Å². The average molecular weight is 368 g/mol. The van der Waals surface area contributed by atoms with Crippen LogP contribution in [0, 0.1) is 10.1 Å². The Labute approximate surface area is 153 Å². The minimum Gasteiger partial charge on any atom is -0.382 e. The molecule has 0 aliphatic carbocycles. The van der Waals surface area contributed by atoms with Crippen LogP contribution in [0.15, 0.2) is 25.0 Å². The Morgan fingerprint density at radius 3 is 1.85 bits per heavy atom. The van der Waals surface area contributed by atoms with E-state index in [1.807, 2.05) is 18.4 Å². The third-order valence-corrected chi connectivity index (χ3v) is 3.75. The summed E-state index contributed by atoms with van der Waals surface area (Å²) in [5.41, 5.74) is 5.09. The topological polar surface area (TPSA) is 123 Å². The Morgan fingerprint density at radius 1 is 1.04 bits per heavy atom. The number of nitro groups is 1. The molecule has 0 saturated carbocycles. The average Bonchev–Trinajstić information content (AvgIpc) is 3.17. The van der Waals surface area contributed by atoms with Crippen LogP contribution in [0.25, 0.3) is 0 Å². The maximum atomic E-state index is 10.4. The zero-order valence-corrected chi connectivity index (χ0v) is 16.2. The SMILES string of the molecule is COCC(C)(C)n1cnc(N)c1.COCC(C)(C)n1cnc([N+](=O)[O-])c1. The van der Waals surface area contributed by atoms with Crippen molar-refractivity contribution in [2.45, 2.75) is 38.8 Å². The highest BCUT2D eigenvalue weighted by Crippen LogP contribution is 2.18. The maximum absolute atomic E-state index is 10.4. The third kappa shape index (κ3) is 5.81. The van der Waals surface area contributed by atoms with Crippen LogP contribution in [0.4, 0.5) is 11.6 Å². The highest BCUT2D eigenvalue weighted by Gasteiger charge is 2.23. The van der Waals surface area contributed by atoms with Crippen LogP contribution in [0.1, 0.15) is 27.7 Å². The van der Waals surface area contributed by atoms with Crippen molar-refractivity contribution < 1.29 is 14.4 Å². The lowest BCUT2D eigenvalue weighted by Gasteiger charge is -2.24. The van der Waals surface area contributed by atoms with Crippen LogP contribution < -0.4 is 5.73 Å². The van der Waals surface area contributed by atoms with Crippen LogP contribution in [-0.4, -0.2) is 51.5 Å². The Bertz CT molecular complexity index is 707. The fraction of sp³-hybridized carbons (Fsp3) is 0.625. The minimum absolute atomic E-state index is 0.0840. The summed E-state index contributed by atoms with van der Waals surface area (Å²) >= 11 is 0. The molecule has 0 aliphatic rings. The lowest BCUT2D eigenvalue weighted by molar-refractivity contribution is -0.389. The normalized spacial score (nSPS) is 11.8. The molecule has 0 fully saturated rings. The molecule has 2 aromatic rings. The van der Waals surface area contributed by atoms with Crippen LogP contribution in [-0.2, 0) is 20.6 Å². The van der Waals surface area contributed by atoms with Gasteiger partial charge in [-0.15, -0.1) is 0 Å². The molecule has 0 bridgehead atoms. The van der Waals surface area contributed by atoms with Gasteiger partial charge in [0.25, 0.3) is 0 Å². The molecular weight excluding hydrogens is 340 g/mol. The maximum Gasteiger partial charge on any atom is 0.381 e. The molecule has 0 saturated heterocycles. The molecule has 2 aromatic heterocycles. The molecule has 10 heteroatoms. The second-order valence-corrected chi connectivity index (χ2v) is 7.09. The van der Waals surface area contributed by atoms with E-state index in [9.17, 15) is 10.1 Å². The van der Waals surface area contributed by atoms with E-state index >= 15 is 0 Å². The quantitative estimate of drug-likeness (QED) is 0.585. The van der Waals surface area contributed by atoms with E-state index in [4.69, 9.17) is 15.2 Å².